The van der Waals surface area contributed by atoms with E-state index in [2.05, 4.69) is 10.9 Å². The normalized spacial score (nSPS) is 26.2. The summed E-state index contributed by atoms with van der Waals surface area (Å²) in [6.45, 7) is 4.17. The van der Waals surface area contributed by atoms with Crippen LogP contribution < -0.4 is 0 Å². The van der Waals surface area contributed by atoms with Crippen LogP contribution in [-0.2, 0) is 9.53 Å². The Balaban J connectivity index is 2.22. The number of hydrogen-bond donors (Lipinski definition) is 0. The Hall–Kier alpha value is -1.45. The van der Waals surface area contributed by atoms with Gasteiger partial charge in [0.1, 0.15) is 5.72 Å². The van der Waals surface area contributed by atoms with Gasteiger partial charge in [-0.15, -0.1) is 0 Å². The molecule has 5 nitrogen and oxygen atoms in total. The standard InChI is InChI=1S/C11H15N3O2/c1-11(2)14(10(15)6-13-12)9(7-16-11)5-8-3-4-8/h5-6,9H,3-4,7H2,1-2H3/t9-/m0/s1. The zero-order valence-corrected chi connectivity index (χ0v) is 9.51. The Kier molecular flexibility index (Phi) is 2.66. The second-order valence-corrected chi connectivity index (χ2v) is 4.60. The molecule has 1 amide bonds. The van der Waals surface area contributed by atoms with Crippen molar-refractivity contribution in [3.8, 4) is 0 Å². The van der Waals surface area contributed by atoms with Crippen LogP contribution >= 0.6 is 0 Å². The molecule has 0 bridgehead atoms. The minimum absolute atomic E-state index is 0.0435. The molecule has 1 saturated carbocycles. The molecule has 0 N–H and O–H groups in total. The zero-order valence-electron chi connectivity index (χ0n) is 9.51. The largest absolute Gasteiger partial charge is 0.361 e. The van der Waals surface area contributed by atoms with Gasteiger partial charge in [-0.1, -0.05) is 11.6 Å². The lowest BCUT2D eigenvalue weighted by molar-refractivity contribution is -0.140. The molecule has 16 heavy (non-hydrogen) atoms. The lowest BCUT2D eigenvalue weighted by Gasteiger charge is -2.30. The van der Waals surface area contributed by atoms with E-state index in [1.165, 1.54) is 5.57 Å². The lowest BCUT2D eigenvalue weighted by atomic mass is 10.2. The van der Waals surface area contributed by atoms with E-state index in [1.807, 2.05) is 13.8 Å². The van der Waals surface area contributed by atoms with Gasteiger partial charge >= 0.3 is 12.1 Å². The third kappa shape index (κ3) is 2.05. The fraction of sp³-hybridized carbons (Fsp3) is 0.636. The Morgan fingerprint density at radius 2 is 2.31 bits per heavy atom. The van der Waals surface area contributed by atoms with Gasteiger partial charge in [0.25, 0.3) is 0 Å². The first-order valence-electron chi connectivity index (χ1n) is 5.39. The molecule has 1 heterocycles. The summed E-state index contributed by atoms with van der Waals surface area (Å²) in [5.74, 6) is -0.326. The summed E-state index contributed by atoms with van der Waals surface area (Å²) in [6, 6.07) is -0.0435. The van der Waals surface area contributed by atoms with Crippen LogP contribution in [0.4, 0.5) is 0 Å². The van der Waals surface area contributed by atoms with Gasteiger partial charge in [-0.25, -0.2) is 0 Å². The number of carbonyl (C=O) groups excluding carboxylic acids is 1. The van der Waals surface area contributed by atoms with Crippen molar-refractivity contribution in [2.75, 3.05) is 6.61 Å². The molecule has 1 aliphatic carbocycles. The summed E-state index contributed by atoms with van der Waals surface area (Å²) >= 11 is 0. The Morgan fingerprint density at radius 1 is 1.62 bits per heavy atom. The lowest BCUT2D eigenvalue weighted by Crippen LogP contribution is -2.48. The molecule has 2 aliphatic rings. The number of carbonyl (C=O) groups is 1. The fourth-order valence-electron chi connectivity index (χ4n) is 2.01. The third-order valence-corrected chi connectivity index (χ3v) is 2.89. The summed E-state index contributed by atoms with van der Waals surface area (Å²) in [6.07, 6.45) is 5.23. The van der Waals surface area contributed by atoms with E-state index in [-0.39, 0.29) is 11.9 Å². The van der Waals surface area contributed by atoms with Crippen molar-refractivity contribution in [2.24, 2.45) is 0 Å². The number of nitrogens with zero attached hydrogens (tertiary/aromatic N) is 3. The quantitative estimate of drug-likeness (QED) is 0.302. The minimum Gasteiger partial charge on any atom is -0.361 e. The van der Waals surface area contributed by atoms with E-state index in [4.69, 9.17) is 10.3 Å². The van der Waals surface area contributed by atoms with Gasteiger partial charge in [-0.05, 0) is 26.7 Å². The molecule has 0 spiro atoms. The van der Waals surface area contributed by atoms with Crippen molar-refractivity contribution in [1.82, 2.24) is 4.90 Å². The zero-order chi connectivity index (χ0) is 11.8. The molecule has 0 aromatic rings. The summed E-state index contributed by atoms with van der Waals surface area (Å²) in [5, 5.41) is 0. The van der Waals surface area contributed by atoms with Gasteiger partial charge in [-0.2, -0.15) is 4.79 Å². The van der Waals surface area contributed by atoms with Crippen LogP contribution in [0.5, 0.6) is 0 Å². The predicted molar refractivity (Wildman–Crippen MR) is 57.7 cm³/mol. The summed E-state index contributed by atoms with van der Waals surface area (Å²) in [5.41, 5.74) is 9.14. The second kappa shape index (κ2) is 3.85. The fourth-order valence-corrected chi connectivity index (χ4v) is 2.01. The van der Waals surface area contributed by atoms with E-state index in [0.29, 0.717) is 6.61 Å². The molecule has 0 radical (unpaired) electrons. The molecule has 86 valence electrons. The molecule has 0 aromatic carbocycles. The van der Waals surface area contributed by atoms with Crippen molar-refractivity contribution in [2.45, 2.75) is 38.5 Å². The Labute approximate surface area is 94.3 Å². The highest BCUT2D eigenvalue weighted by Gasteiger charge is 2.43. The van der Waals surface area contributed by atoms with E-state index in [0.717, 1.165) is 19.1 Å². The summed E-state index contributed by atoms with van der Waals surface area (Å²) in [4.78, 5) is 16.2. The average molecular weight is 221 g/mol. The van der Waals surface area contributed by atoms with Gasteiger partial charge in [0.05, 0.1) is 12.6 Å². The van der Waals surface area contributed by atoms with Gasteiger partial charge in [0, 0.05) is 0 Å². The van der Waals surface area contributed by atoms with Gasteiger partial charge in [0.2, 0.25) is 0 Å². The van der Waals surface area contributed by atoms with Gasteiger partial charge < -0.3 is 10.3 Å². The molecule has 1 atom stereocenters. The smallest absolute Gasteiger partial charge is 0.344 e. The van der Waals surface area contributed by atoms with Crippen molar-refractivity contribution < 1.29 is 14.3 Å². The molecule has 5 heteroatoms. The molecular formula is C11H15N3O2. The monoisotopic (exact) mass is 221 g/mol. The van der Waals surface area contributed by atoms with Crippen LogP contribution in [0.15, 0.2) is 11.6 Å². The Bertz CT molecular complexity index is 388. The van der Waals surface area contributed by atoms with E-state index in [1.54, 1.807) is 4.90 Å². The first kappa shape index (κ1) is 11.0. The molecule has 2 rings (SSSR count). The highest BCUT2D eigenvalue weighted by molar-refractivity contribution is 6.24. The van der Waals surface area contributed by atoms with Crippen LogP contribution in [0.3, 0.4) is 0 Å². The summed E-state index contributed by atoms with van der Waals surface area (Å²) in [7, 11) is 0. The molecule has 1 aliphatic heterocycles. The average Bonchev–Trinajstić information content (AvgIpc) is 2.93. The van der Waals surface area contributed by atoms with Crippen LogP contribution in [0.2, 0.25) is 0 Å². The molecule has 0 aromatic heterocycles. The van der Waals surface area contributed by atoms with Crippen LogP contribution in [0.25, 0.3) is 5.53 Å². The van der Waals surface area contributed by atoms with Crippen LogP contribution in [-0.4, -0.2) is 40.2 Å². The van der Waals surface area contributed by atoms with Crippen molar-refractivity contribution in [1.29, 1.82) is 0 Å². The topological polar surface area (TPSA) is 65.9 Å². The highest BCUT2D eigenvalue weighted by Crippen LogP contribution is 2.33. The maximum atomic E-state index is 11.8. The first-order valence-corrected chi connectivity index (χ1v) is 5.39. The SMILES string of the molecule is CC1(C)OC[C@H](C=C2CC2)N1C(=O)C=[N+]=[N-]. The van der Waals surface area contributed by atoms with E-state index >= 15 is 0 Å². The predicted octanol–water partition coefficient (Wildman–Crippen LogP) is 0.971. The summed E-state index contributed by atoms with van der Waals surface area (Å²) < 4.78 is 5.58. The first-order chi connectivity index (χ1) is 7.54. The van der Waals surface area contributed by atoms with Crippen LogP contribution in [0, 0.1) is 0 Å². The number of hydrogen-bond acceptors (Lipinski definition) is 2. The molecule has 1 saturated heterocycles. The van der Waals surface area contributed by atoms with E-state index in [9.17, 15) is 4.79 Å². The molecule has 0 unspecified atom stereocenters. The van der Waals surface area contributed by atoms with Crippen molar-refractivity contribution >= 4 is 12.1 Å². The number of allylic oxidation sites excluding steroid dienone is 1. The second-order valence-electron chi connectivity index (χ2n) is 4.60. The Morgan fingerprint density at radius 3 is 2.88 bits per heavy atom. The molecular weight excluding hydrogens is 206 g/mol. The van der Waals surface area contributed by atoms with Crippen LogP contribution in [0.1, 0.15) is 26.7 Å². The third-order valence-electron chi connectivity index (χ3n) is 2.89. The minimum atomic E-state index is -0.644. The maximum absolute atomic E-state index is 11.8. The maximum Gasteiger partial charge on any atom is 0.344 e. The van der Waals surface area contributed by atoms with E-state index < -0.39 is 5.72 Å². The highest BCUT2D eigenvalue weighted by atomic mass is 16.5. The van der Waals surface area contributed by atoms with Crippen molar-refractivity contribution in [3.63, 3.8) is 0 Å². The number of rotatable bonds is 2. The number of amides is 1. The molecule has 2 fully saturated rings. The van der Waals surface area contributed by atoms with Crippen molar-refractivity contribution in [3.05, 3.63) is 17.2 Å². The number of ether oxygens (including phenoxy) is 1. The van der Waals surface area contributed by atoms with Gasteiger partial charge in [-0.3, -0.25) is 9.69 Å². The van der Waals surface area contributed by atoms with Gasteiger partial charge in [0.15, 0.2) is 0 Å².